The number of pyridine rings is 1. The first kappa shape index (κ1) is 18.1. The van der Waals surface area contributed by atoms with Gasteiger partial charge in [0.2, 0.25) is 0 Å². The van der Waals surface area contributed by atoms with Gasteiger partial charge in [0.25, 0.3) is 0 Å². The molecule has 0 spiro atoms. The summed E-state index contributed by atoms with van der Waals surface area (Å²) >= 11 is 0. The van der Waals surface area contributed by atoms with Gasteiger partial charge in [0, 0.05) is 36.4 Å². The number of aromatic nitrogens is 1. The molecule has 0 aliphatic rings. The van der Waals surface area contributed by atoms with E-state index in [0.717, 1.165) is 34.4 Å². The molecule has 0 aliphatic carbocycles. The summed E-state index contributed by atoms with van der Waals surface area (Å²) in [5, 5.41) is 5.69. The van der Waals surface area contributed by atoms with Gasteiger partial charge in [0.15, 0.2) is 0 Å². The first-order chi connectivity index (χ1) is 13.8. The van der Waals surface area contributed by atoms with Crippen molar-refractivity contribution >= 4 is 10.8 Å². The average molecular weight is 372 g/mol. The van der Waals surface area contributed by atoms with E-state index >= 15 is 0 Å². The van der Waals surface area contributed by atoms with Gasteiger partial charge >= 0.3 is 0 Å². The van der Waals surface area contributed by atoms with Gasteiger partial charge in [-0.1, -0.05) is 48.5 Å². The molecule has 1 aromatic heterocycles. The Bertz CT molecular complexity index is 1060. The van der Waals surface area contributed by atoms with E-state index in [2.05, 4.69) is 34.6 Å². The van der Waals surface area contributed by atoms with Crippen molar-refractivity contribution in [1.82, 2.24) is 10.3 Å². The van der Waals surface area contributed by atoms with Gasteiger partial charge in [-0.05, 0) is 40.8 Å². The molecule has 4 rings (SSSR count). The summed E-state index contributed by atoms with van der Waals surface area (Å²) in [4.78, 5) is 4.30. The second kappa shape index (κ2) is 8.63. The minimum Gasteiger partial charge on any atom is -0.492 e. The van der Waals surface area contributed by atoms with E-state index < -0.39 is 0 Å². The summed E-state index contributed by atoms with van der Waals surface area (Å²) < 4.78 is 19.0. The van der Waals surface area contributed by atoms with Crippen molar-refractivity contribution in [2.45, 2.75) is 6.54 Å². The number of ether oxygens (including phenoxy) is 1. The fourth-order valence-electron chi connectivity index (χ4n) is 3.17. The second-order valence-electron chi connectivity index (χ2n) is 6.59. The minimum absolute atomic E-state index is 0.235. The molecular formula is C24H21FN2O. The summed E-state index contributed by atoms with van der Waals surface area (Å²) in [6.45, 7) is 2.00. The van der Waals surface area contributed by atoms with E-state index in [1.807, 2.05) is 30.5 Å². The zero-order chi connectivity index (χ0) is 19.2. The number of halogens is 1. The molecule has 3 aromatic carbocycles. The molecule has 0 saturated heterocycles. The highest BCUT2D eigenvalue weighted by atomic mass is 19.1. The van der Waals surface area contributed by atoms with Gasteiger partial charge in [-0.3, -0.25) is 4.98 Å². The number of rotatable bonds is 7. The zero-order valence-corrected chi connectivity index (χ0v) is 15.4. The van der Waals surface area contributed by atoms with Crippen molar-refractivity contribution in [3.63, 3.8) is 0 Å². The van der Waals surface area contributed by atoms with Crippen molar-refractivity contribution in [1.29, 1.82) is 0 Å². The van der Waals surface area contributed by atoms with Crippen LogP contribution in [-0.4, -0.2) is 18.1 Å². The number of nitrogens with zero attached hydrogens (tertiary/aromatic N) is 1. The predicted octanol–water partition coefficient (Wildman–Crippen LogP) is 5.21. The number of fused-ring (bicyclic) bond motifs is 1. The van der Waals surface area contributed by atoms with Crippen LogP contribution in [0.2, 0.25) is 0 Å². The third kappa shape index (κ3) is 4.35. The molecule has 28 heavy (non-hydrogen) atoms. The van der Waals surface area contributed by atoms with Crippen molar-refractivity contribution in [3.05, 3.63) is 96.6 Å². The molecule has 0 bridgehead atoms. The largest absolute Gasteiger partial charge is 0.492 e. The average Bonchev–Trinajstić information content (AvgIpc) is 2.74. The van der Waals surface area contributed by atoms with Crippen LogP contribution in [0.4, 0.5) is 4.39 Å². The number of nitrogens with one attached hydrogen (secondary N) is 1. The molecule has 1 N–H and O–H groups in total. The van der Waals surface area contributed by atoms with Crippen LogP contribution in [0.15, 0.2) is 85.2 Å². The van der Waals surface area contributed by atoms with Gasteiger partial charge in [-0.25, -0.2) is 4.39 Å². The molecule has 0 fully saturated rings. The number of hydrogen-bond acceptors (Lipinski definition) is 3. The Morgan fingerprint density at radius 2 is 1.68 bits per heavy atom. The molecule has 0 aliphatic heterocycles. The Hall–Kier alpha value is -3.24. The van der Waals surface area contributed by atoms with Crippen LogP contribution in [0.5, 0.6) is 5.75 Å². The molecule has 4 heteroatoms. The lowest BCUT2D eigenvalue weighted by atomic mass is 10.1. The van der Waals surface area contributed by atoms with Crippen LogP contribution in [0, 0.1) is 5.82 Å². The number of benzene rings is 3. The summed E-state index contributed by atoms with van der Waals surface area (Å²) in [6, 6.07) is 22.8. The maximum absolute atomic E-state index is 13.1. The third-order valence-electron chi connectivity index (χ3n) is 4.59. The van der Waals surface area contributed by atoms with Crippen LogP contribution >= 0.6 is 0 Å². The molecule has 140 valence electrons. The van der Waals surface area contributed by atoms with E-state index in [4.69, 9.17) is 4.74 Å². The maximum atomic E-state index is 13.1. The molecule has 4 aromatic rings. The standard InChI is InChI=1S/C24H21FN2O/c25-22-10-8-19(9-11-22)21-14-18(16-27-17-21)15-26-12-13-28-24-7-3-5-20-4-1-2-6-23(20)24/h1-11,14,16-17,26H,12-13,15H2. The lowest BCUT2D eigenvalue weighted by Gasteiger charge is -2.10. The van der Waals surface area contributed by atoms with E-state index in [9.17, 15) is 4.39 Å². The van der Waals surface area contributed by atoms with Gasteiger partial charge in [-0.15, -0.1) is 0 Å². The third-order valence-corrected chi connectivity index (χ3v) is 4.59. The van der Waals surface area contributed by atoms with Crippen molar-refractivity contribution < 1.29 is 9.13 Å². The summed E-state index contributed by atoms with van der Waals surface area (Å²) in [7, 11) is 0. The minimum atomic E-state index is -0.235. The van der Waals surface area contributed by atoms with Gasteiger partial charge < -0.3 is 10.1 Å². The van der Waals surface area contributed by atoms with Crippen LogP contribution in [0.1, 0.15) is 5.56 Å². The Morgan fingerprint density at radius 1 is 0.857 bits per heavy atom. The number of hydrogen-bond donors (Lipinski definition) is 1. The highest BCUT2D eigenvalue weighted by molar-refractivity contribution is 5.88. The van der Waals surface area contributed by atoms with Crippen molar-refractivity contribution in [2.24, 2.45) is 0 Å². The van der Waals surface area contributed by atoms with Crippen LogP contribution in [-0.2, 0) is 6.54 Å². The van der Waals surface area contributed by atoms with Crippen LogP contribution in [0.25, 0.3) is 21.9 Å². The molecule has 0 unspecified atom stereocenters. The first-order valence-corrected chi connectivity index (χ1v) is 9.31. The Labute approximate surface area is 163 Å². The van der Waals surface area contributed by atoms with E-state index in [-0.39, 0.29) is 5.82 Å². The van der Waals surface area contributed by atoms with Crippen molar-refractivity contribution in [3.8, 4) is 16.9 Å². The highest BCUT2D eigenvalue weighted by Crippen LogP contribution is 2.25. The Kier molecular flexibility index (Phi) is 5.59. The fourth-order valence-corrected chi connectivity index (χ4v) is 3.17. The van der Waals surface area contributed by atoms with E-state index in [1.54, 1.807) is 18.3 Å². The normalized spacial score (nSPS) is 10.9. The first-order valence-electron chi connectivity index (χ1n) is 9.31. The molecule has 1 heterocycles. The smallest absolute Gasteiger partial charge is 0.127 e. The van der Waals surface area contributed by atoms with E-state index in [0.29, 0.717) is 13.2 Å². The fraction of sp³-hybridized carbons (Fsp3) is 0.125. The molecule has 0 saturated carbocycles. The van der Waals surface area contributed by atoms with Gasteiger partial charge in [0.1, 0.15) is 18.2 Å². The van der Waals surface area contributed by atoms with Gasteiger partial charge in [0.05, 0.1) is 0 Å². The monoisotopic (exact) mass is 372 g/mol. The maximum Gasteiger partial charge on any atom is 0.127 e. The summed E-state index contributed by atoms with van der Waals surface area (Å²) in [5.74, 6) is 0.667. The van der Waals surface area contributed by atoms with Gasteiger partial charge in [-0.2, -0.15) is 0 Å². The lowest BCUT2D eigenvalue weighted by Crippen LogP contribution is -2.20. The topological polar surface area (TPSA) is 34.2 Å². The molecule has 0 atom stereocenters. The summed E-state index contributed by atoms with van der Waals surface area (Å²) in [6.07, 6.45) is 3.63. The Morgan fingerprint density at radius 3 is 2.57 bits per heavy atom. The SMILES string of the molecule is Fc1ccc(-c2cncc(CNCCOc3cccc4ccccc34)c2)cc1. The Balaban J connectivity index is 1.31. The molecule has 0 radical (unpaired) electrons. The molecular weight excluding hydrogens is 351 g/mol. The van der Waals surface area contributed by atoms with Crippen molar-refractivity contribution in [2.75, 3.05) is 13.2 Å². The lowest BCUT2D eigenvalue weighted by molar-refractivity contribution is 0.317. The van der Waals surface area contributed by atoms with Crippen LogP contribution < -0.4 is 10.1 Å². The summed E-state index contributed by atoms with van der Waals surface area (Å²) in [5.41, 5.74) is 3.01. The quantitative estimate of drug-likeness (QED) is 0.452. The molecule has 0 amide bonds. The molecule has 3 nitrogen and oxygen atoms in total. The predicted molar refractivity (Wildman–Crippen MR) is 111 cm³/mol. The van der Waals surface area contributed by atoms with E-state index in [1.165, 1.54) is 17.5 Å². The zero-order valence-electron chi connectivity index (χ0n) is 15.4. The highest BCUT2D eigenvalue weighted by Gasteiger charge is 2.03. The second-order valence-corrected chi connectivity index (χ2v) is 6.59. The van der Waals surface area contributed by atoms with Crippen LogP contribution in [0.3, 0.4) is 0 Å².